The molecule has 1 aromatic heterocycles. The number of aromatic nitrogens is 3. The maximum atomic E-state index is 6.04. The van der Waals surface area contributed by atoms with Gasteiger partial charge >= 0.3 is 0 Å². The Bertz CT molecular complexity index is 569. The van der Waals surface area contributed by atoms with E-state index in [1.807, 2.05) is 0 Å². The zero-order valence-corrected chi connectivity index (χ0v) is 18.9. The number of aliphatic imine (C=N–C) groups is 1. The quantitative estimate of drug-likeness (QED) is 0.202. The average molecular weight is 490 g/mol. The molecule has 1 aromatic rings. The Kier molecular flexibility index (Phi) is 10.4. The molecule has 0 atom stereocenters. The summed E-state index contributed by atoms with van der Waals surface area (Å²) in [6.07, 6.45) is 11.7. The summed E-state index contributed by atoms with van der Waals surface area (Å²) >= 11 is 0. The zero-order valence-electron chi connectivity index (χ0n) is 16.6. The van der Waals surface area contributed by atoms with Gasteiger partial charge in [-0.1, -0.05) is 25.7 Å². The molecule has 27 heavy (non-hydrogen) atoms. The van der Waals surface area contributed by atoms with E-state index in [9.17, 15) is 0 Å². The van der Waals surface area contributed by atoms with E-state index in [0.29, 0.717) is 12.6 Å². The first-order chi connectivity index (χ1) is 12.9. The van der Waals surface area contributed by atoms with Crippen LogP contribution >= 0.6 is 24.0 Å². The molecular weight excluding hydrogens is 455 g/mol. The van der Waals surface area contributed by atoms with Crippen LogP contribution in [0.2, 0.25) is 0 Å². The molecule has 0 aromatic carbocycles. The molecule has 0 amide bonds. The van der Waals surface area contributed by atoms with E-state index in [0.717, 1.165) is 50.3 Å². The van der Waals surface area contributed by atoms with E-state index in [4.69, 9.17) is 4.74 Å². The van der Waals surface area contributed by atoms with Crippen molar-refractivity contribution in [1.82, 2.24) is 25.4 Å². The number of hydrogen-bond donors (Lipinski definition) is 2. The third kappa shape index (κ3) is 7.21. The molecule has 7 nitrogen and oxygen atoms in total. The monoisotopic (exact) mass is 490 g/mol. The molecule has 1 aliphatic carbocycles. The number of aryl methyl sites for hydroxylation is 1. The van der Waals surface area contributed by atoms with E-state index >= 15 is 0 Å². The highest BCUT2D eigenvalue weighted by Gasteiger charge is 2.15. The van der Waals surface area contributed by atoms with Gasteiger partial charge in [0, 0.05) is 26.1 Å². The van der Waals surface area contributed by atoms with Gasteiger partial charge in [0.1, 0.15) is 12.4 Å². The maximum Gasteiger partial charge on any atom is 0.191 e. The van der Waals surface area contributed by atoms with Gasteiger partial charge in [-0.3, -0.25) is 0 Å². The Balaban J connectivity index is 0.00000261. The van der Waals surface area contributed by atoms with E-state index in [-0.39, 0.29) is 24.0 Å². The third-order valence-corrected chi connectivity index (χ3v) is 5.21. The minimum Gasteiger partial charge on any atom is -0.376 e. The molecule has 154 valence electrons. The lowest BCUT2D eigenvalue weighted by molar-refractivity contribution is 0.0468. The second kappa shape index (κ2) is 12.5. The summed E-state index contributed by atoms with van der Waals surface area (Å²) < 4.78 is 8.27. The molecule has 8 heteroatoms. The van der Waals surface area contributed by atoms with Gasteiger partial charge in [0.25, 0.3) is 0 Å². The first-order valence-corrected chi connectivity index (χ1v) is 10.4. The average Bonchev–Trinajstić information content (AvgIpc) is 2.89. The fourth-order valence-electron chi connectivity index (χ4n) is 3.78. The van der Waals surface area contributed by atoms with Crippen LogP contribution in [0.3, 0.4) is 0 Å². The number of nitrogens with zero attached hydrogens (tertiary/aromatic N) is 4. The molecule has 1 saturated carbocycles. The molecule has 0 unspecified atom stereocenters. The van der Waals surface area contributed by atoms with Gasteiger partial charge in [0.15, 0.2) is 11.8 Å². The second-order valence-electron chi connectivity index (χ2n) is 7.25. The number of nitrogens with one attached hydrogen (secondary N) is 2. The van der Waals surface area contributed by atoms with E-state index in [2.05, 4.69) is 37.3 Å². The Morgan fingerprint density at radius 1 is 1.11 bits per heavy atom. The molecule has 0 bridgehead atoms. The van der Waals surface area contributed by atoms with E-state index in [1.54, 1.807) is 0 Å². The summed E-state index contributed by atoms with van der Waals surface area (Å²) in [6.45, 7) is 6.01. The molecule has 0 saturated heterocycles. The van der Waals surface area contributed by atoms with E-state index in [1.165, 1.54) is 51.4 Å². The summed E-state index contributed by atoms with van der Waals surface area (Å²) in [5.41, 5.74) is 0. The van der Waals surface area contributed by atoms with Crippen molar-refractivity contribution >= 4 is 29.9 Å². The number of rotatable bonds is 7. The summed E-state index contributed by atoms with van der Waals surface area (Å²) in [6, 6.07) is 0. The predicted octanol–water partition coefficient (Wildman–Crippen LogP) is 3.03. The molecule has 2 N–H and O–H groups in total. The van der Waals surface area contributed by atoms with Crippen LogP contribution in [0.1, 0.15) is 69.9 Å². The van der Waals surface area contributed by atoms with Crippen molar-refractivity contribution in [2.24, 2.45) is 4.99 Å². The molecule has 0 spiro atoms. The zero-order chi connectivity index (χ0) is 18.0. The Morgan fingerprint density at radius 3 is 2.70 bits per heavy atom. The van der Waals surface area contributed by atoms with Crippen LogP contribution in [-0.2, 0) is 24.2 Å². The number of fused-ring (bicyclic) bond motifs is 1. The van der Waals surface area contributed by atoms with Gasteiger partial charge in [0.2, 0.25) is 0 Å². The normalized spacial score (nSPS) is 18.3. The van der Waals surface area contributed by atoms with Crippen molar-refractivity contribution in [2.45, 2.75) is 83.9 Å². The van der Waals surface area contributed by atoms with Gasteiger partial charge in [0.05, 0.1) is 12.7 Å². The van der Waals surface area contributed by atoms with Gasteiger partial charge in [-0.05, 0) is 32.6 Å². The summed E-state index contributed by atoms with van der Waals surface area (Å²) in [4.78, 5) is 4.68. The molecule has 0 radical (unpaired) electrons. The first-order valence-electron chi connectivity index (χ1n) is 10.4. The second-order valence-corrected chi connectivity index (χ2v) is 7.25. The lowest BCUT2D eigenvalue weighted by Gasteiger charge is -2.17. The summed E-state index contributed by atoms with van der Waals surface area (Å²) in [5, 5.41) is 15.3. The Hall–Kier alpha value is -0.900. The van der Waals surface area contributed by atoms with Crippen LogP contribution in [0, 0.1) is 0 Å². The smallest absolute Gasteiger partial charge is 0.191 e. The van der Waals surface area contributed by atoms with Crippen LogP contribution in [0.25, 0.3) is 0 Å². The third-order valence-electron chi connectivity index (χ3n) is 5.21. The van der Waals surface area contributed by atoms with Crippen molar-refractivity contribution in [2.75, 3.05) is 19.7 Å². The first kappa shape index (κ1) is 22.4. The molecule has 3 rings (SSSR count). The molecule has 2 heterocycles. The van der Waals surface area contributed by atoms with Gasteiger partial charge in [-0.15, -0.1) is 34.2 Å². The number of hydrogen-bond acceptors (Lipinski definition) is 4. The molecule has 2 aliphatic rings. The SMILES string of the molecule is CCNC(=NCc1nnc2n1CCCC2)NCCOC1CCCCCC1.I. The van der Waals surface area contributed by atoms with Crippen molar-refractivity contribution in [1.29, 1.82) is 0 Å². The topological polar surface area (TPSA) is 76.4 Å². The minimum atomic E-state index is 0. The van der Waals surface area contributed by atoms with Crippen LogP contribution in [0.4, 0.5) is 0 Å². The lowest BCUT2D eigenvalue weighted by atomic mass is 10.1. The molecule has 1 aliphatic heterocycles. The largest absolute Gasteiger partial charge is 0.376 e. The van der Waals surface area contributed by atoms with Gasteiger partial charge in [-0.25, -0.2) is 4.99 Å². The highest BCUT2D eigenvalue weighted by molar-refractivity contribution is 14.0. The molecule has 1 fully saturated rings. The number of guanidine groups is 1. The summed E-state index contributed by atoms with van der Waals surface area (Å²) in [7, 11) is 0. The van der Waals surface area contributed by atoms with Gasteiger partial charge < -0.3 is 19.9 Å². The van der Waals surface area contributed by atoms with Crippen molar-refractivity contribution in [3.8, 4) is 0 Å². The van der Waals surface area contributed by atoms with E-state index < -0.39 is 0 Å². The molecular formula is C19H35IN6O. The van der Waals surface area contributed by atoms with Crippen molar-refractivity contribution < 1.29 is 4.74 Å². The number of halogens is 1. The van der Waals surface area contributed by atoms with Crippen LogP contribution in [0.5, 0.6) is 0 Å². The van der Waals surface area contributed by atoms with Gasteiger partial charge in [-0.2, -0.15) is 0 Å². The fourth-order valence-corrected chi connectivity index (χ4v) is 3.78. The highest BCUT2D eigenvalue weighted by atomic mass is 127. The van der Waals surface area contributed by atoms with Crippen LogP contribution in [-0.4, -0.2) is 46.5 Å². The highest BCUT2D eigenvalue weighted by Crippen LogP contribution is 2.19. The summed E-state index contributed by atoms with van der Waals surface area (Å²) in [5.74, 6) is 2.90. The minimum absolute atomic E-state index is 0. The Morgan fingerprint density at radius 2 is 1.93 bits per heavy atom. The maximum absolute atomic E-state index is 6.04. The Labute approximate surface area is 180 Å². The fraction of sp³-hybridized carbons (Fsp3) is 0.842. The number of ether oxygens (including phenoxy) is 1. The van der Waals surface area contributed by atoms with Crippen molar-refractivity contribution in [3.63, 3.8) is 0 Å². The standard InChI is InChI=1S/C19H34N6O.HI/c1-2-20-19(21-12-14-26-16-9-5-3-4-6-10-16)22-15-18-24-23-17-11-7-8-13-25(17)18;/h16H,2-15H2,1H3,(H2,20,21,22);1H. The lowest BCUT2D eigenvalue weighted by Crippen LogP contribution is -2.39. The van der Waals surface area contributed by atoms with Crippen LogP contribution in [0.15, 0.2) is 4.99 Å². The van der Waals surface area contributed by atoms with Crippen molar-refractivity contribution in [3.05, 3.63) is 11.6 Å². The van der Waals surface area contributed by atoms with Crippen LogP contribution < -0.4 is 10.6 Å². The predicted molar refractivity (Wildman–Crippen MR) is 119 cm³/mol.